The minimum atomic E-state index is -0.192. The third kappa shape index (κ3) is 3.57. The number of thiazole rings is 1. The second-order valence-electron chi connectivity index (χ2n) is 5.80. The highest BCUT2D eigenvalue weighted by molar-refractivity contribution is 7.09. The van der Waals surface area contributed by atoms with Gasteiger partial charge in [-0.25, -0.2) is 4.98 Å². The van der Waals surface area contributed by atoms with Gasteiger partial charge in [-0.05, 0) is 43.3 Å². The van der Waals surface area contributed by atoms with Gasteiger partial charge in [0.2, 0.25) is 0 Å². The quantitative estimate of drug-likeness (QED) is 0.557. The molecule has 0 aliphatic rings. The lowest BCUT2D eigenvalue weighted by Crippen LogP contribution is -2.11. The number of hydrogen-bond donors (Lipinski definition) is 2. The Balaban J connectivity index is 1.45. The van der Waals surface area contributed by atoms with E-state index in [9.17, 15) is 4.79 Å². The van der Waals surface area contributed by atoms with Crippen molar-refractivity contribution in [2.24, 2.45) is 0 Å². The molecule has 0 aliphatic carbocycles. The summed E-state index contributed by atoms with van der Waals surface area (Å²) in [5.41, 5.74) is 3.06. The molecular formula is C19H16N4O2S. The van der Waals surface area contributed by atoms with Crippen molar-refractivity contribution in [3.8, 4) is 5.75 Å². The number of anilines is 1. The number of ether oxygens (including phenoxy) is 1. The molecule has 0 spiro atoms. The largest absolute Gasteiger partial charge is 0.487 e. The van der Waals surface area contributed by atoms with Crippen LogP contribution < -0.4 is 10.1 Å². The average molecular weight is 364 g/mol. The summed E-state index contributed by atoms with van der Waals surface area (Å²) >= 11 is 1.59. The molecule has 0 fully saturated rings. The first kappa shape index (κ1) is 16.3. The molecule has 6 nitrogen and oxygen atoms in total. The van der Waals surface area contributed by atoms with Gasteiger partial charge in [-0.15, -0.1) is 11.3 Å². The number of H-pyrrole nitrogens is 1. The number of fused-ring (bicyclic) bond motifs is 1. The lowest BCUT2D eigenvalue weighted by Gasteiger charge is -2.08. The molecule has 0 aliphatic heterocycles. The molecule has 2 N–H and O–H groups in total. The second kappa shape index (κ2) is 6.97. The maximum absolute atomic E-state index is 12.5. The number of carbonyl (C=O) groups excluding carboxylic acids is 1. The van der Waals surface area contributed by atoms with Crippen molar-refractivity contribution < 1.29 is 9.53 Å². The van der Waals surface area contributed by atoms with Gasteiger partial charge >= 0.3 is 0 Å². The van der Waals surface area contributed by atoms with Gasteiger partial charge in [0, 0.05) is 22.0 Å². The zero-order chi connectivity index (χ0) is 17.9. The molecule has 7 heteroatoms. The van der Waals surface area contributed by atoms with Crippen LogP contribution in [0, 0.1) is 6.92 Å². The zero-order valence-corrected chi connectivity index (χ0v) is 14.8. The third-order valence-electron chi connectivity index (χ3n) is 3.85. The number of rotatable bonds is 5. The van der Waals surface area contributed by atoms with Crippen LogP contribution in [0.15, 0.2) is 54.0 Å². The Labute approximate surface area is 153 Å². The van der Waals surface area contributed by atoms with E-state index in [2.05, 4.69) is 20.5 Å². The predicted octanol–water partition coefficient (Wildman–Crippen LogP) is 4.16. The maximum atomic E-state index is 12.5. The summed E-state index contributed by atoms with van der Waals surface area (Å²) in [6, 6.07) is 12.7. The normalized spacial score (nSPS) is 10.8. The first-order valence-corrected chi connectivity index (χ1v) is 8.94. The predicted molar refractivity (Wildman–Crippen MR) is 102 cm³/mol. The standard InChI is InChI=1S/C19H16N4O2S/c1-12-21-16(11-26-12)10-25-17-4-2-3-13(8-17)19(24)22-15-5-6-18-14(7-15)9-20-23-18/h2-9,11H,10H2,1H3,(H,20,23)(H,22,24). The Kier molecular flexibility index (Phi) is 4.37. The van der Waals surface area contributed by atoms with Crippen molar-refractivity contribution >= 4 is 33.8 Å². The highest BCUT2D eigenvalue weighted by Crippen LogP contribution is 2.20. The van der Waals surface area contributed by atoms with Gasteiger partial charge in [0.25, 0.3) is 5.91 Å². The van der Waals surface area contributed by atoms with Gasteiger partial charge in [0.1, 0.15) is 12.4 Å². The van der Waals surface area contributed by atoms with Crippen LogP contribution in [-0.4, -0.2) is 21.1 Å². The fourth-order valence-electron chi connectivity index (χ4n) is 2.58. The molecule has 2 aromatic carbocycles. The molecule has 0 radical (unpaired) electrons. The first-order chi connectivity index (χ1) is 12.7. The molecule has 0 bridgehead atoms. The van der Waals surface area contributed by atoms with E-state index in [4.69, 9.17) is 4.74 Å². The Morgan fingerprint density at radius 3 is 3.04 bits per heavy atom. The molecular weight excluding hydrogens is 348 g/mol. The lowest BCUT2D eigenvalue weighted by molar-refractivity contribution is 0.102. The van der Waals surface area contributed by atoms with Crippen molar-refractivity contribution in [1.82, 2.24) is 15.2 Å². The molecule has 0 atom stereocenters. The molecule has 2 heterocycles. The number of hydrogen-bond acceptors (Lipinski definition) is 5. The minimum absolute atomic E-state index is 0.192. The SMILES string of the molecule is Cc1nc(COc2cccc(C(=O)Nc3ccc4[nH]ncc4c3)c2)cs1. The highest BCUT2D eigenvalue weighted by Gasteiger charge is 2.09. The van der Waals surface area contributed by atoms with Gasteiger partial charge in [-0.1, -0.05) is 6.07 Å². The number of carbonyl (C=O) groups is 1. The van der Waals surface area contributed by atoms with Crippen LogP contribution in [0.2, 0.25) is 0 Å². The second-order valence-corrected chi connectivity index (χ2v) is 6.86. The van der Waals surface area contributed by atoms with Crippen LogP contribution in [0.3, 0.4) is 0 Å². The van der Waals surface area contributed by atoms with Crippen LogP contribution >= 0.6 is 11.3 Å². The van der Waals surface area contributed by atoms with Crippen LogP contribution in [0.1, 0.15) is 21.1 Å². The van der Waals surface area contributed by atoms with Crippen LogP contribution in [0.4, 0.5) is 5.69 Å². The summed E-state index contributed by atoms with van der Waals surface area (Å²) in [7, 11) is 0. The summed E-state index contributed by atoms with van der Waals surface area (Å²) in [5, 5.41) is 13.7. The molecule has 0 saturated carbocycles. The Morgan fingerprint density at radius 1 is 1.27 bits per heavy atom. The summed E-state index contributed by atoms with van der Waals surface area (Å²) < 4.78 is 5.75. The van der Waals surface area contributed by atoms with Crippen LogP contribution in [0.25, 0.3) is 10.9 Å². The number of aromatic nitrogens is 3. The topological polar surface area (TPSA) is 79.9 Å². The molecule has 0 saturated heterocycles. The van der Waals surface area contributed by atoms with E-state index in [0.717, 1.165) is 21.6 Å². The number of nitrogens with zero attached hydrogens (tertiary/aromatic N) is 2. The summed E-state index contributed by atoms with van der Waals surface area (Å²) in [6.45, 7) is 2.34. The fraction of sp³-hybridized carbons (Fsp3) is 0.105. The molecule has 2 aromatic heterocycles. The Morgan fingerprint density at radius 2 is 2.19 bits per heavy atom. The molecule has 0 unspecified atom stereocenters. The number of benzene rings is 2. The van der Waals surface area contributed by atoms with Gasteiger partial charge in [0.05, 0.1) is 22.4 Å². The van der Waals surface area contributed by atoms with Crippen molar-refractivity contribution in [3.63, 3.8) is 0 Å². The molecule has 130 valence electrons. The zero-order valence-electron chi connectivity index (χ0n) is 14.0. The maximum Gasteiger partial charge on any atom is 0.255 e. The molecule has 4 rings (SSSR count). The van der Waals surface area contributed by atoms with Crippen molar-refractivity contribution in [1.29, 1.82) is 0 Å². The fourth-order valence-corrected chi connectivity index (χ4v) is 3.18. The van der Waals surface area contributed by atoms with Crippen molar-refractivity contribution in [2.45, 2.75) is 13.5 Å². The number of aryl methyl sites for hydroxylation is 1. The smallest absolute Gasteiger partial charge is 0.255 e. The number of aromatic amines is 1. The Hall–Kier alpha value is -3.19. The summed E-state index contributed by atoms with van der Waals surface area (Å²) in [6.07, 6.45) is 1.72. The average Bonchev–Trinajstić information content (AvgIpc) is 3.28. The summed E-state index contributed by atoms with van der Waals surface area (Å²) in [4.78, 5) is 16.9. The van der Waals surface area contributed by atoms with Gasteiger partial charge in [-0.2, -0.15) is 5.10 Å². The first-order valence-electron chi connectivity index (χ1n) is 8.06. The van der Waals surface area contributed by atoms with Crippen molar-refractivity contribution in [3.05, 3.63) is 70.3 Å². The van der Waals surface area contributed by atoms with E-state index in [0.29, 0.717) is 23.6 Å². The van der Waals surface area contributed by atoms with Crippen molar-refractivity contribution in [2.75, 3.05) is 5.32 Å². The van der Waals surface area contributed by atoms with Gasteiger partial charge < -0.3 is 10.1 Å². The number of nitrogens with one attached hydrogen (secondary N) is 2. The molecule has 1 amide bonds. The monoisotopic (exact) mass is 364 g/mol. The van der Waals surface area contributed by atoms with Gasteiger partial charge in [0.15, 0.2) is 0 Å². The number of amides is 1. The van der Waals surface area contributed by atoms with E-state index in [1.54, 1.807) is 35.7 Å². The molecule has 26 heavy (non-hydrogen) atoms. The summed E-state index contributed by atoms with van der Waals surface area (Å²) in [5.74, 6) is 0.441. The van der Waals surface area contributed by atoms with Crippen LogP contribution in [0.5, 0.6) is 5.75 Å². The minimum Gasteiger partial charge on any atom is -0.487 e. The van der Waals surface area contributed by atoms with Gasteiger partial charge in [-0.3, -0.25) is 9.89 Å². The van der Waals surface area contributed by atoms with E-state index < -0.39 is 0 Å². The van der Waals surface area contributed by atoms with E-state index in [1.807, 2.05) is 36.6 Å². The highest BCUT2D eigenvalue weighted by atomic mass is 32.1. The Bertz CT molecular complexity index is 1070. The van der Waals surface area contributed by atoms with Crippen LogP contribution in [-0.2, 0) is 6.61 Å². The van der Waals surface area contributed by atoms with E-state index in [-0.39, 0.29) is 5.91 Å². The van der Waals surface area contributed by atoms with E-state index >= 15 is 0 Å². The van der Waals surface area contributed by atoms with E-state index in [1.165, 1.54) is 0 Å². The lowest BCUT2D eigenvalue weighted by atomic mass is 10.2. The third-order valence-corrected chi connectivity index (χ3v) is 4.67. The molecule has 4 aromatic rings.